The van der Waals surface area contributed by atoms with Crippen LogP contribution in [0.3, 0.4) is 0 Å². The Hall–Kier alpha value is -0.0800. The first kappa shape index (κ1) is 11.7. The summed E-state index contributed by atoms with van der Waals surface area (Å²) < 4.78 is 0. The Morgan fingerprint density at radius 2 is 1.33 bits per heavy atom. The summed E-state index contributed by atoms with van der Waals surface area (Å²) in [6.45, 7) is 0. The number of hydrogen-bond donors (Lipinski definition) is 2. The van der Waals surface area contributed by atoms with Crippen LogP contribution < -0.4 is 5.73 Å². The van der Waals surface area contributed by atoms with Gasteiger partial charge in [-0.1, -0.05) is 12.8 Å². The Morgan fingerprint density at radius 3 is 1.78 bits per heavy atom. The highest BCUT2D eigenvalue weighted by Crippen LogP contribution is 2.62. The van der Waals surface area contributed by atoms with Crippen LogP contribution in [0.4, 0.5) is 0 Å². The van der Waals surface area contributed by atoms with Gasteiger partial charge < -0.3 is 10.8 Å². The van der Waals surface area contributed by atoms with Crippen molar-refractivity contribution in [3.8, 4) is 0 Å². The molecule has 2 nitrogen and oxygen atoms in total. The van der Waals surface area contributed by atoms with Crippen molar-refractivity contribution in [1.82, 2.24) is 0 Å². The average molecular weight is 249 g/mol. The smallest absolute Gasteiger partial charge is 0.0775 e. The molecule has 5 fully saturated rings. The zero-order valence-electron chi connectivity index (χ0n) is 11.4. The molecular formula is C16H27NO. The van der Waals surface area contributed by atoms with Crippen LogP contribution in [0.15, 0.2) is 0 Å². The van der Waals surface area contributed by atoms with Crippen molar-refractivity contribution in [3.05, 3.63) is 0 Å². The quantitative estimate of drug-likeness (QED) is 0.790. The maximum absolute atomic E-state index is 11.0. The van der Waals surface area contributed by atoms with E-state index < -0.39 is 0 Å². The summed E-state index contributed by atoms with van der Waals surface area (Å²) in [6, 6.07) is 0. The first-order valence-electron chi connectivity index (χ1n) is 8.07. The molecule has 5 aliphatic carbocycles. The number of aliphatic hydroxyl groups is 1. The molecule has 0 aromatic heterocycles. The second-order valence-electron chi connectivity index (χ2n) is 8.12. The van der Waals surface area contributed by atoms with Crippen molar-refractivity contribution in [2.24, 2.45) is 28.9 Å². The lowest BCUT2D eigenvalue weighted by Crippen LogP contribution is -2.61. The fraction of sp³-hybridized carbons (Fsp3) is 1.00. The minimum atomic E-state index is -0.244. The summed E-state index contributed by atoms with van der Waals surface area (Å²) in [6.07, 6.45) is 12.5. The fourth-order valence-electron chi connectivity index (χ4n) is 6.43. The Bertz CT molecular complexity index is 310. The van der Waals surface area contributed by atoms with Gasteiger partial charge in [-0.25, -0.2) is 0 Å². The third-order valence-corrected chi connectivity index (χ3v) is 6.74. The van der Waals surface area contributed by atoms with Gasteiger partial charge in [0.15, 0.2) is 0 Å². The summed E-state index contributed by atoms with van der Waals surface area (Å²) >= 11 is 0. The molecule has 0 spiro atoms. The van der Waals surface area contributed by atoms with Gasteiger partial charge in [-0.2, -0.15) is 0 Å². The van der Waals surface area contributed by atoms with E-state index in [-0.39, 0.29) is 17.1 Å². The lowest BCUT2D eigenvalue weighted by molar-refractivity contribution is -0.142. The summed E-state index contributed by atoms with van der Waals surface area (Å²) in [7, 11) is 0. The molecule has 0 aliphatic heterocycles. The van der Waals surface area contributed by atoms with Crippen molar-refractivity contribution in [2.75, 3.05) is 0 Å². The molecule has 0 aromatic rings. The molecule has 3 N–H and O–H groups in total. The molecule has 0 saturated heterocycles. The van der Waals surface area contributed by atoms with Crippen LogP contribution in [-0.4, -0.2) is 16.7 Å². The predicted molar refractivity (Wildman–Crippen MR) is 72.0 cm³/mol. The van der Waals surface area contributed by atoms with Gasteiger partial charge in [0.2, 0.25) is 0 Å². The van der Waals surface area contributed by atoms with E-state index in [1.165, 1.54) is 51.4 Å². The van der Waals surface area contributed by atoms with E-state index in [0.29, 0.717) is 0 Å². The predicted octanol–water partition coefficient (Wildman–Crippen LogP) is 2.84. The van der Waals surface area contributed by atoms with Crippen LogP contribution >= 0.6 is 0 Å². The van der Waals surface area contributed by atoms with Gasteiger partial charge in [0.05, 0.1) is 6.10 Å². The molecule has 1 atom stereocenters. The zero-order valence-corrected chi connectivity index (χ0v) is 11.4. The largest absolute Gasteiger partial charge is 0.391 e. The molecule has 18 heavy (non-hydrogen) atoms. The lowest BCUT2D eigenvalue weighted by Gasteiger charge is -2.60. The van der Waals surface area contributed by atoms with Crippen molar-refractivity contribution >= 4 is 0 Å². The third-order valence-electron chi connectivity index (χ3n) is 6.74. The molecular weight excluding hydrogens is 222 g/mol. The van der Waals surface area contributed by atoms with Crippen molar-refractivity contribution in [1.29, 1.82) is 0 Å². The molecule has 4 bridgehead atoms. The van der Waals surface area contributed by atoms with E-state index in [1.807, 2.05) is 0 Å². The van der Waals surface area contributed by atoms with E-state index in [0.717, 1.165) is 30.6 Å². The van der Waals surface area contributed by atoms with Crippen LogP contribution in [0.2, 0.25) is 0 Å². The molecule has 102 valence electrons. The number of nitrogens with two attached hydrogens (primary N) is 1. The lowest BCUT2D eigenvalue weighted by atomic mass is 9.46. The molecule has 0 radical (unpaired) electrons. The van der Waals surface area contributed by atoms with Crippen molar-refractivity contribution < 1.29 is 5.11 Å². The highest BCUT2D eigenvalue weighted by molar-refractivity contribution is 5.11. The zero-order chi connectivity index (χ0) is 12.4. The normalized spacial score (nSPS) is 50.7. The van der Waals surface area contributed by atoms with Crippen molar-refractivity contribution in [2.45, 2.75) is 75.9 Å². The maximum atomic E-state index is 11.0. The Kier molecular flexibility index (Phi) is 2.43. The number of aliphatic hydroxyl groups excluding tert-OH is 1. The highest BCUT2D eigenvalue weighted by Gasteiger charge is 2.58. The third kappa shape index (κ3) is 1.54. The van der Waals surface area contributed by atoms with Crippen LogP contribution in [0, 0.1) is 23.2 Å². The monoisotopic (exact) mass is 249 g/mol. The van der Waals surface area contributed by atoms with E-state index in [1.54, 1.807) is 0 Å². The van der Waals surface area contributed by atoms with Gasteiger partial charge in [0.1, 0.15) is 0 Å². The standard InChI is InChI=1S/C16H27NO/c17-16(3-1-2-4-16)14(18)15-8-11-5-12(9-15)7-13(6-11)10-15/h11-14,18H,1-10,17H2. The van der Waals surface area contributed by atoms with Crippen LogP contribution in [0.25, 0.3) is 0 Å². The second kappa shape index (κ2) is 3.73. The fourth-order valence-corrected chi connectivity index (χ4v) is 6.43. The van der Waals surface area contributed by atoms with Crippen LogP contribution in [-0.2, 0) is 0 Å². The molecule has 1 unspecified atom stereocenters. The van der Waals surface area contributed by atoms with Gasteiger partial charge in [0, 0.05) is 5.54 Å². The highest BCUT2D eigenvalue weighted by atomic mass is 16.3. The Balaban J connectivity index is 1.63. The molecule has 5 saturated carbocycles. The van der Waals surface area contributed by atoms with Gasteiger partial charge in [-0.15, -0.1) is 0 Å². The van der Waals surface area contributed by atoms with E-state index in [2.05, 4.69) is 0 Å². The Labute approximate surface area is 110 Å². The van der Waals surface area contributed by atoms with Crippen LogP contribution in [0.1, 0.15) is 64.2 Å². The average Bonchev–Trinajstić information content (AvgIpc) is 2.74. The number of rotatable bonds is 2. The SMILES string of the molecule is NC1(C(O)C23CC4CC(CC(C4)C2)C3)CCCC1. The summed E-state index contributed by atoms with van der Waals surface area (Å²) in [5.74, 6) is 2.74. The van der Waals surface area contributed by atoms with Crippen molar-refractivity contribution in [3.63, 3.8) is 0 Å². The molecule has 0 aromatic carbocycles. The maximum Gasteiger partial charge on any atom is 0.0775 e. The number of hydrogen-bond acceptors (Lipinski definition) is 2. The van der Waals surface area contributed by atoms with Gasteiger partial charge in [-0.05, 0) is 74.5 Å². The summed E-state index contributed by atoms with van der Waals surface area (Å²) in [4.78, 5) is 0. The summed E-state index contributed by atoms with van der Waals surface area (Å²) in [5.41, 5.74) is 6.55. The van der Waals surface area contributed by atoms with E-state index in [4.69, 9.17) is 5.73 Å². The van der Waals surface area contributed by atoms with E-state index in [9.17, 15) is 5.11 Å². The summed E-state index contributed by atoms with van der Waals surface area (Å²) in [5, 5.41) is 11.0. The first-order valence-corrected chi connectivity index (χ1v) is 8.07. The minimum absolute atomic E-state index is 0.216. The molecule has 5 rings (SSSR count). The van der Waals surface area contributed by atoms with Gasteiger partial charge >= 0.3 is 0 Å². The van der Waals surface area contributed by atoms with Gasteiger partial charge in [0.25, 0.3) is 0 Å². The molecule has 5 aliphatic rings. The van der Waals surface area contributed by atoms with Gasteiger partial charge in [-0.3, -0.25) is 0 Å². The topological polar surface area (TPSA) is 46.2 Å². The molecule has 0 amide bonds. The first-order chi connectivity index (χ1) is 8.60. The minimum Gasteiger partial charge on any atom is -0.391 e. The second-order valence-corrected chi connectivity index (χ2v) is 8.12. The molecule has 2 heteroatoms. The molecule has 0 heterocycles. The van der Waals surface area contributed by atoms with Crippen LogP contribution in [0.5, 0.6) is 0 Å². The van der Waals surface area contributed by atoms with E-state index >= 15 is 0 Å². The Morgan fingerprint density at radius 1 is 0.889 bits per heavy atom.